The molecule has 5 aromatic carbocycles. The molecule has 282 valence electrons. The van der Waals surface area contributed by atoms with Gasteiger partial charge in [-0.1, -0.05) is 0 Å². The SMILES string of the molecule is COC(OC)(c1cccc2c1Cc1ccccc1-2)C(CC(c1ccccc1)(c1ccccc1)c1ccccc1)P(O)(O)(O)CC(C#N)N(C(C)C)C(C)C. The van der Waals surface area contributed by atoms with Gasteiger partial charge < -0.3 is 0 Å². The summed E-state index contributed by atoms with van der Waals surface area (Å²) in [6.45, 7) is 7.86. The number of rotatable bonds is 15. The Labute approximate surface area is 320 Å². The Bertz CT molecular complexity index is 1960. The average Bonchev–Trinajstić information content (AvgIpc) is 3.56. The number of nitrogens with zero attached hydrogens (tertiary/aromatic N) is 2. The summed E-state index contributed by atoms with van der Waals surface area (Å²) in [7, 11) is -3.10. The number of fused-ring (bicyclic) bond motifs is 3. The molecule has 0 spiro atoms. The summed E-state index contributed by atoms with van der Waals surface area (Å²) in [6.07, 6.45) is -0.106. The van der Waals surface area contributed by atoms with Crippen LogP contribution < -0.4 is 0 Å². The van der Waals surface area contributed by atoms with Gasteiger partial charge in [-0.2, -0.15) is 0 Å². The van der Waals surface area contributed by atoms with Gasteiger partial charge in [0.1, 0.15) is 0 Å². The molecule has 0 saturated carbocycles. The van der Waals surface area contributed by atoms with E-state index in [-0.39, 0.29) is 18.5 Å². The second kappa shape index (κ2) is 15.5. The zero-order valence-electron chi connectivity index (χ0n) is 32.1. The first-order valence-corrected chi connectivity index (χ1v) is 21.1. The molecule has 1 aliphatic carbocycles. The van der Waals surface area contributed by atoms with E-state index in [1.807, 2.05) is 148 Å². The molecule has 1 aliphatic rings. The first-order valence-electron chi connectivity index (χ1n) is 18.7. The van der Waals surface area contributed by atoms with Gasteiger partial charge in [0.05, 0.1) is 0 Å². The van der Waals surface area contributed by atoms with Crippen molar-refractivity contribution in [3.05, 3.63) is 167 Å². The second-order valence-corrected chi connectivity index (χ2v) is 18.6. The van der Waals surface area contributed by atoms with Crippen LogP contribution in [0.25, 0.3) is 11.1 Å². The van der Waals surface area contributed by atoms with Crippen molar-refractivity contribution in [2.24, 2.45) is 0 Å². The van der Waals surface area contributed by atoms with E-state index >= 15 is 0 Å². The summed E-state index contributed by atoms with van der Waals surface area (Å²) >= 11 is 0. The normalized spacial score (nSPS) is 15.0. The van der Waals surface area contributed by atoms with Crippen LogP contribution in [0, 0.1) is 11.3 Å². The van der Waals surface area contributed by atoms with Gasteiger partial charge in [0.25, 0.3) is 0 Å². The van der Waals surface area contributed by atoms with Crippen molar-refractivity contribution < 1.29 is 24.2 Å². The first-order chi connectivity index (χ1) is 25.8. The van der Waals surface area contributed by atoms with E-state index in [4.69, 9.17) is 9.47 Å². The summed E-state index contributed by atoms with van der Waals surface area (Å²) in [5.41, 5.74) is 4.81. The maximum absolute atomic E-state index is 13.1. The predicted octanol–water partition coefficient (Wildman–Crippen LogP) is 8.78. The molecule has 3 N–H and O–H groups in total. The van der Waals surface area contributed by atoms with Crippen molar-refractivity contribution in [1.29, 1.82) is 5.26 Å². The van der Waals surface area contributed by atoms with Crippen LogP contribution in [0.3, 0.4) is 0 Å². The molecule has 0 saturated heterocycles. The Morgan fingerprint density at radius 3 is 1.59 bits per heavy atom. The van der Waals surface area contributed by atoms with E-state index in [1.54, 1.807) is 0 Å². The van der Waals surface area contributed by atoms with Crippen molar-refractivity contribution in [3.63, 3.8) is 0 Å². The second-order valence-electron chi connectivity index (χ2n) is 15.1. The molecule has 2 unspecified atom stereocenters. The van der Waals surface area contributed by atoms with Gasteiger partial charge in [-0.05, 0) is 0 Å². The summed E-state index contributed by atoms with van der Waals surface area (Å²) < 4.78 is 13.1. The third-order valence-corrected chi connectivity index (χ3v) is 14.3. The zero-order chi connectivity index (χ0) is 38.8. The zero-order valence-corrected chi connectivity index (χ0v) is 33.0. The molecule has 0 amide bonds. The molecule has 0 radical (unpaired) electrons. The molecule has 0 bridgehead atoms. The fraction of sp³-hybridized carbons (Fsp3) is 0.326. The molecule has 2 atom stereocenters. The Morgan fingerprint density at radius 2 is 1.13 bits per heavy atom. The molecule has 7 nitrogen and oxygen atoms in total. The van der Waals surface area contributed by atoms with Crippen molar-refractivity contribution in [1.82, 2.24) is 4.90 Å². The Kier molecular flexibility index (Phi) is 11.3. The van der Waals surface area contributed by atoms with Crippen molar-refractivity contribution in [3.8, 4) is 17.2 Å². The molecule has 0 aliphatic heterocycles. The number of hydrogen-bond donors (Lipinski definition) is 3. The van der Waals surface area contributed by atoms with E-state index < -0.39 is 36.3 Å². The van der Waals surface area contributed by atoms with Gasteiger partial charge >= 0.3 is 322 Å². The van der Waals surface area contributed by atoms with Crippen molar-refractivity contribution in [2.75, 3.05) is 20.4 Å². The molecule has 54 heavy (non-hydrogen) atoms. The summed E-state index contributed by atoms with van der Waals surface area (Å²) in [6, 6.07) is 45.0. The van der Waals surface area contributed by atoms with Crippen LogP contribution in [0.2, 0.25) is 0 Å². The van der Waals surface area contributed by atoms with Gasteiger partial charge in [0.2, 0.25) is 0 Å². The third kappa shape index (κ3) is 7.05. The van der Waals surface area contributed by atoms with Crippen LogP contribution in [0.15, 0.2) is 133 Å². The summed E-state index contributed by atoms with van der Waals surface area (Å²) in [5.74, 6) is -1.90. The Hall–Kier alpha value is -4.22. The van der Waals surface area contributed by atoms with Gasteiger partial charge in [-0.3, -0.25) is 0 Å². The molecule has 8 heteroatoms. The minimum absolute atomic E-state index is 0.0633. The van der Waals surface area contributed by atoms with E-state index in [0.29, 0.717) is 12.0 Å². The number of methoxy groups -OCH3 is 2. The molecule has 0 fully saturated rings. The molecule has 0 aromatic heterocycles. The number of hydrogen-bond acceptors (Lipinski definition) is 7. The topological polar surface area (TPSA) is 106 Å². The average molecular weight is 745 g/mol. The van der Waals surface area contributed by atoms with Crippen LogP contribution in [0.5, 0.6) is 0 Å². The monoisotopic (exact) mass is 744 g/mol. The Balaban J connectivity index is 1.69. The van der Waals surface area contributed by atoms with Crippen LogP contribution in [-0.4, -0.2) is 63.7 Å². The maximum atomic E-state index is 13.1. The molecular weight excluding hydrogens is 691 g/mol. The minimum atomic E-state index is -6.09. The van der Waals surface area contributed by atoms with Crippen molar-refractivity contribution >= 4 is 7.28 Å². The fourth-order valence-electron chi connectivity index (χ4n) is 9.20. The van der Waals surface area contributed by atoms with Crippen LogP contribution >= 0.6 is 7.28 Å². The predicted molar refractivity (Wildman–Crippen MR) is 218 cm³/mol. The van der Waals surface area contributed by atoms with Crippen molar-refractivity contribution in [2.45, 2.75) is 75.5 Å². The first kappa shape index (κ1) is 39.5. The van der Waals surface area contributed by atoms with E-state index in [9.17, 15) is 19.9 Å². The van der Waals surface area contributed by atoms with Gasteiger partial charge in [-0.25, -0.2) is 0 Å². The molecule has 0 heterocycles. The number of benzene rings is 5. The van der Waals surface area contributed by atoms with Gasteiger partial charge in [-0.15, -0.1) is 0 Å². The van der Waals surface area contributed by atoms with E-state index in [1.165, 1.54) is 14.2 Å². The molecule has 5 aromatic rings. The standard InChI is InChI=1S/C46H53N2O5P/c1-33(2)48(34(3)4)39(31-47)32-54(49,50,51)44(46(52-5,53-6)43-28-18-27-41-40-26-17-16-19-35(40)29-42(41)43)30-45(36-20-10-7-11-21-36,37-22-12-8-13-23-37)38-24-14-9-15-25-38/h7-28,33-34,39,44,49-51H,29-30,32H2,1-6H3. The van der Waals surface area contributed by atoms with Crippen LogP contribution in [-0.2, 0) is 27.1 Å². The molecule has 6 rings (SSSR count). The van der Waals surface area contributed by atoms with Gasteiger partial charge in [0, 0.05) is 0 Å². The third-order valence-electron chi connectivity index (χ3n) is 11.4. The van der Waals surface area contributed by atoms with Crippen LogP contribution in [0.4, 0.5) is 0 Å². The quantitative estimate of drug-likeness (QED) is 0.0549. The van der Waals surface area contributed by atoms with Gasteiger partial charge in [0.15, 0.2) is 0 Å². The van der Waals surface area contributed by atoms with E-state index in [0.717, 1.165) is 38.9 Å². The van der Waals surface area contributed by atoms with E-state index in [2.05, 4.69) is 24.3 Å². The Morgan fingerprint density at radius 1 is 0.667 bits per heavy atom. The van der Waals surface area contributed by atoms with Crippen LogP contribution in [0.1, 0.15) is 67.5 Å². The summed E-state index contributed by atoms with van der Waals surface area (Å²) in [4.78, 5) is 41.3. The number of ether oxygens (including phenoxy) is 2. The molecular formula is C46H53N2O5P. The fourth-order valence-corrected chi connectivity index (χ4v) is 12.1. The number of nitriles is 1. The summed E-state index contributed by atoms with van der Waals surface area (Å²) in [5, 5.41) is 10.7.